The topological polar surface area (TPSA) is 42.0 Å². The number of thiazole rings is 1. The largest absolute Gasteiger partial charge is 0.302 e. The van der Waals surface area contributed by atoms with Gasteiger partial charge >= 0.3 is 0 Å². The number of aromatic nitrogens is 1. The van der Waals surface area contributed by atoms with Gasteiger partial charge in [0.1, 0.15) is 0 Å². The maximum Gasteiger partial charge on any atom is 0.230 e. The molecule has 1 amide bonds. The number of benzene rings is 2. The van der Waals surface area contributed by atoms with E-state index in [0.717, 1.165) is 21.3 Å². The second kappa shape index (κ2) is 7.28. The van der Waals surface area contributed by atoms with E-state index in [2.05, 4.69) is 58.3 Å². The molecule has 1 aromatic heterocycles. The van der Waals surface area contributed by atoms with Gasteiger partial charge in [-0.25, -0.2) is 4.98 Å². The molecule has 24 heavy (non-hydrogen) atoms. The minimum Gasteiger partial charge on any atom is -0.302 e. The number of nitrogens with zero attached hydrogens (tertiary/aromatic N) is 1. The summed E-state index contributed by atoms with van der Waals surface area (Å²) in [5, 5.41) is 5.49. The van der Waals surface area contributed by atoms with Crippen molar-refractivity contribution in [1.29, 1.82) is 0 Å². The van der Waals surface area contributed by atoms with Gasteiger partial charge in [-0.2, -0.15) is 0 Å². The van der Waals surface area contributed by atoms with Crippen LogP contribution in [0.1, 0.15) is 16.7 Å². The van der Waals surface area contributed by atoms with Gasteiger partial charge in [0.2, 0.25) is 5.91 Å². The number of halogens is 1. The fourth-order valence-electron chi connectivity index (χ4n) is 2.51. The van der Waals surface area contributed by atoms with Crippen molar-refractivity contribution in [2.75, 3.05) is 5.32 Å². The van der Waals surface area contributed by atoms with Crippen LogP contribution >= 0.6 is 27.3 Å². The number of nitrogens with one attached hydrogen (secondary N) is 1. The van der Waals surface area contributed by atoms with E-state index >= 15 is 0 Å². The van der Waals surface area contributed by atoms with Crippen LogP contribution in [-0.2, 0) is 11.2 Å². The Balaban J connectivity index is 1.69. The van der Waals surface area contributed by atoms with Crippen molar-refractivity contribution < 1.29 is 4.79 Å². The molecule has 0 aliphatic carbocycles. The molecule has 3 nitrogen and oxygen atoms in total. The van der Waals surface area contributed by atoms with E-state index in [9.17, 15) is 4.79 Å². The first kappa shape index (κ1) is 16.9. The van der Waals surface area contributed by atoms with E-state index in [1.54, 1.807) is 0 Å². The summed E-state index contributed by atoms with van der Waals surface area (Å²) in [6.45, 7) is 4.15. The predicted molar refractivity (Wildman–Crippen MR) is 103 cm³/mol. The zero-order valence-corrected chi connectivity index (χ0v) is 15.9. The summed E-state index contributed by atoms with van der Waals surface area (Å²) in [7, 11) is 0. The van der Waals surface area contributed by atoms with Crippen molar-refractivity contribution in [2.45, 2.75) is 20.3 Å². The Morgan fingerprint density at radius 3 is 2.62 bits per heavy atom. The fourth-order valence-corrected chi connectivity index (χ4v) is 3.50. The number of aryl methyl sites for hydroxylation is 2. The van der Waals surface area contributed by atoms with E-state index < -0.39 is 0 Å². The molecule has 0 saturated carbocycles. The molecule has 0 bridgehead atoms. The molecule has 0 atom stereocenters. The summed E-state index contributed by atoms with van der Waals surface area (Å²) in [5.74, 6) is -0.0566. The number of amides is 1. The van der Waals surface area contributed by atoms with Crippen molar-refractivity contribution in [3.05, 3.63) is 69.0 Å². The number of rotatable bonds is 4. The zero-order valence-electron chi connectivity index (χ0n) is 13.5. The molecular formula is C19H17BrN2OS. The molecular weight excluding hydrogens is 384 g/mol. The molecule has 3 aromatic rings. The van der Waals surface area contributed by atoms with Crippen LogP contribution in [-0.4, -0.2) is 10.9 Å². The lowest BCUT2D eigenvalue weighted by Gasteiger charge is -2.04. The molecule has 5 heteroatoms. The maximum atomic E-state index is 12.2. The Morgan fingerprint density at radius 2 is 1.92 bits per heavy atom. The van der Waals surface area contributed by atoms with Crippen LogP contribution in [0.4, 0.5) is 5.13 Å². The van der Waals surface area contributed by atoms with E-state index in [-0.39, 0.29) is 5.91 Å². The summed E-state index contributed by atoms with van der Waals surface area (Å²) in [4.78, 5) is 16.7. The molecule has 0 spiro atoms. The minimum atomic E-state index is -0.0566. The van der Waals surface area contributed by atoms with Crippen LogP contribution in [0.25, 0.3) is 11.3 Å². The van der Waals surface area contributed by atoms with Crippen molar-refractivity contribution in [2.24, 2.45) is 0 Å². The van der Waals surface area contributed by atoms with Crippen LogP contribution < -0.4 is 5.32 Å². The van der Waals surface area contributed by atoms with Gasteiger partial charge in [-0.05, 0) is 37.1 Å². The Labute approximate surface area is 153 Å². The number of carbonyl (C=O) groups is 1. The van der Waals surface area contributed by atoms with Crippen molar-refractivity contribution in [3.63, 3.8) is 0 Å². The van der Waals surface area contributed by atoms with Gasteiger partial charge in [-0.3, -0.25) is 4.79 Å². The molecule has 0 aliphatic heterocycles. The molecule has 2 aromatic carbocycles. The lowest BCUT2D eigenvalue weighted by molar-refractivity contribution is -0.115. The highest BCUT2D eigenvalue weighted by molar-refractivity contribution is 9.10. The summed E-state index contributed by atoms with van der Waals surface area (Å²) in [6, 6.07) is 14.0. The highest BCUT2D eigenvalue weighted by Crippen LogP contribution is 2.28. The van der Waals surface area contributed by atoms with E-state index in [1.807, 2.05) is 29.6 Å². The van der Waals surface area contributed by atoms with Gasteiger partial charge < -0.3 is 5.32 Å². The molecule has 0 aliphatic rings. The quantitative estimate of drug-likeness (QED) is 0.639. The molecule has 0 radical (unpaired) electrons. The van der Waals surface area contributed by atoms with Crippen LogP contribution in [0.3, 0.4) is 0 Å². The predicted octanol–water partition coefficient (Wildman–Crippen LogP) is 5.37. The first-order chi connectivity index (χ1) is 11.5. The third-order valence-electron chi connectivity index (χ3n) is 3.69. The summed E-state index contributed by atoms with van der Waals surface area (Å²) in [5.41, 5.74) is 5.39. The molecule has 1 heterocycles. The van der Waals surface area contributed by atoms with Gasteiger partial charge in [0, 0.05) is 15.4 Å². The van der Waals surface area contributed by atoms with Crippen molar-refractivity contribution in [3.8, 4) is 11.3 Å². The van der Waals surface area contributed by atoms with Gasteiger partial charge in [0.25, 0.3) is 0 Å². The third kappa shape index (κ3) is 4.10. The lowest BCUT2D eigenvalue weighted by Crippen LogP contribution is -2.14. The van der Waals surface area contributed by atoms with E-state index in [1.165, 1.54) is 22.5 Å². The molecule has 3 rings (SSSR count). The zero-order chi connectivity index (χ0) is 17.1. The number of hydrogen-bond acceptors (Lipinski definition) is 3. The highest BCUT2D eigenvalue weighted by atomic mass is 79.9. The average Bonchev–Trinajstić information content (AvgIpc) is 2.97. The average molecular weight is 401 g/mol. The number of carbonyl (C=O) groups excluding carboxylic acids is 1. The van der Waals surface area contributed by atoms with Gasteiger partial charge in [0.05, 0.1) is 12.1 Å². The van der Waals surface area contributed by atoms with Gasteiger partial charge in [0.15, 0.2) is 5.13 Å². The second-order valence-corrected chi connectivity index (χ2v) is 7.48. The van der Waals surface area contributed by atoms with Crippen LogP contribution in [0.2, 0.25) is 0 Å². The van der Waals surface area contributed by atoms with Crippen LogP contribution in [0, 0.1) is 13.8 Å². The van der Waals surface area contributed by atoms with Gasteiger partial charge in [-0.1, -0.05) is 51.8 Å². The maximum absolute atomic E-state index is 12.2. The van der Waals surface area contributed by atoms with Gasteiger partial charge in [-0.15, -0.1) is 11.3 Å². The summed E-state index contributed by atoms with van der Waals surface area (Å²) < 4.78 is 1.00. The standard InChI is InChI=1S/C19H17BrN2OS/c1-12-3-8-16(13(2)9-12)17-11-24-19(21-17)22-18(23)10-14-4-6-15(20)7-5-14/h3-9,11H,10H2,1-2H3,(H,21,22,23). The molecule has 1 N–H and O–H groups in total. The van der Waals surface area contributed by atoms with Crippen LogP contribution in [0.15, 0.2) is 52.3 Å². The normalized spacial score (nSPS) is 10.6. The molecule has 0 saturated heterocycles. The first-order valence-corrected chi connectivity index (χ1v) is 9.26. The van der Waals surface area contributed by atoms with E-state index in [0.29, 0.717) is 11.6 Å². The molecule has 0 fully saturated rings. The van der Waals surface area contributed by atoms with E-state index in [4.69, 9.17) is 0 Å². The fraction of sp³-hybridized carbons (Fsp3) is 0.158. The lowest BCUT2D eigenvalue weighted by atomic mass is 10.0. The summed E-state index contributed by atoms with van der Waals surface area (Å²) in [6.07, 6.45) is 0.339. The monoisotopic (exact) mass is 400 g/mol. The number of hydrogen-bond donors (Lipinski definition) is 1. The molecule has 122 valence electrons. The van der Waals surface area contributed by atoms with Crippen molar-refractivity contribution >= 4 is 38.3 Å². The highest BCUT2D eigenvalue weighted by Gasteiger charge is 2.10. The van der Waals surface area contributed by atoms with Crippen LogP contribution in [0.5, 0.6) is 0 Å². The SMILES string of the molecule is Cc1ccc(-c2csc(NC(=O)Cc3ccc(Br)cc3)n2)c(C)c1. The Morgan fingerprint density at radius 1 is 1.17 bits per heavy atom. The second-order valence-electron chi connectivity index (χ2n) is 5.71. The smallest absolute Gasteiger partial charge is 0.230 e. The summed E-state index contributed by atoms with van der Waals surface area (Å²) >= 11 is 4.84. The first-order valence-electron chi connectivity index (χ1n) is 7.59. The molecule has 0 unspecified atom stereocenters. The third-order valence-corrected chi connectivity index (χ3v) is 4.97. The Kier molecular flexibility index (Phi) is 5.11. The Bertz CT molecular complexity index is 871. The Hall–Kier alpha value is -1.98. The van der Waals surface area contributed by atoms with Crippen molar-refractivity contribution in [1.82, 2.24) is 4.98 Å². The minimum absolute atomic E-state index is 0.0566. The number of anilines is 1.